The van der Waals surface area contributed by atoms with E-state index in [0.717, 1.165) is 30.4 Å². The van der Waals surface area contributed by atoms with Gasteiger partial charge in [-0.2, -0.15) is 22.7 Å². The molecule has 0 bridgehead atoms. The van der Waals surface area contributed by atoms with Gasteiger partial charge in [0.1, 0.15) is 6.61 Å². The van der Waals surface area contributed by atoms with Gasteiger partial charge in [-0.3, -0.25) is 4.90 Å². The van der Waals surface area contributed by atoms with Gasteiger partial charge in [0.15, 0.2) is 0 Å². The number of thiophene rings is 2. The van der Waals surface area contributed by atoms with E-state index in [-0.39, 0.29) is 31.1 Å². The summed E-state index contributed by atoms with van der Waals surface area (Å²) in [4.78, 5) is 14.2. The zero-order valence-electron chi connectivity index (χ0n) is 13.8. The zero-order valence-corrected chi connectivity index (χ0v) is 16.3. The molecule has 0 aliphatic heterocycles. The summed E-state index contributed by atoms with van der Waals surface area (Å²) in [7, 11) is 0. The van der Waals surface area contributed by atoms with Gasteiger partial charge >= 0.3 is 6.09 Å². The molecule has 0 spiro atoms. The molecule has 1 amide bonds. The number of rotatable bonds is 9. The minimum absolute atomic E-state index is 0. The quantitative estimate of drug-likeness (QED) is 0.665. The number of amides is 1. The molecule has 0 aliphatic rings. The van der Waals surface area contributed by atoms with Gasteiger partial charge in [-0.25, -0.2) is 4.79 Å². The molecule has 0 saturated heterocycles. The maximum absolute atomic E-state index is 12.4. The first-order valence-corrected chi connectivity index (χ1v) is 9.77. The molecule has 2 N–H and O–H groups in total. The van der Waals surface area contributed by atoms with Crippen LogP contribution in [0.25, 0.3) is 0 Å². The van der Waals surface area contributed by atoms with E-state index >= 15 is 0 Å². The molecule has 2 rings (SSSR count). The van der Waals surface area contributed by atoms with E-state index in [4.69, 9.17) is 10.5 Å². The first-order chi connectivity index (χ1) is 11.2. The van der Waals surface area contributed by atoms with Crippen LogP contribution in [-0.2, 0) is 17.8 Å². The molecule has 7 heteroatoms. The maximum atomic E-state index is 12.4. The second-order valence-electron chi connectivity index (χ2n) is 5.60. The summed E-state index contributed by atoms with van der Waals surface area (Å²) in [6.07, 6.45) is 2.75. The molecule has 0 fully saturated rings. The van der Waals surface area contributed by atoms with Crippen LogP contribution in [0.15, 0.2) is 33.7 Å². The van der Waals surface area contributed by atoms with Crippen molar-refractivity contribution in [2.24, 2.45) is 5.73 Å². The molecule has 2 aromatic rings. The molecule has 2 heterocycles. The van der Waals surface area contributed by atoms with Crippen molar-refractivity contribution in [3.05, 3.63) is 44.8 Å². The third-order valence-electron chi connectivity index (χ3n) is 3.51. The molecule has 4 nitrogen and oxygen atoms in total. The Morgan fingerprint density at radius 3 is 2.25 bits per heavy atom. The van der Waals surface area contributed by atoms with Crippen molar-refractivity contribution >= 4 is 41.2 Å². The van der Waals surface area contributed by atoms with Crippen LogP contribution in [0.2, 0.25) is 0 Å². The highest BCUT2D eigenvalue weighted by Gasteiger charge is 2.17. The predicted octanol–water partition coefficient (Wildman–Crippen LogP) is 4.89. The van der Waals surface area contributed by atoms with Crippen LogP contribution in [0.3, 0.4) is 0 Å². The minimum atomic E-state index is -0.297. The molecular weight excluding hydrogens is 364 g/mol. The Bertz CT molecular complexity index is 525. The highest BCUT2D eigenvalue weighted by Crippen LogP contribution is 2.15. The van der Waals surface area contributed by atoms with E-state index in [2.05, 4.69) is 17.7 Å². The third-order valence-corrected chi connectivity index (χ3v) is 4.98. The third kappa shape index (κ3) is 7.21. The van der Waals surface area contributed by atoms with Crippen molar-refractivity contribution < 1.29 is 9.53 Å². The van der Waals surface area contributed by atoms with Crippen molar-refractivity contribution in [2.45, 2.75) is 45.3 Å². The van der Waals surface area contributed by atoms with E-state index < -0.39 is 0 Å². The van der Waals surface area contributed by atoms with Crippen molar-refractivity contribution in [2.75, 3.05) is 6.61 Å². The molecule has 0 aromatic carbocycles. The summed E-state index contributed by atoms with van der Waals surface area (Å²) >= 11 is 3.26. The lowest BCUT2D eigenvalue weighted by Crippen LogP contribution is -2.34. The number of unbranched alkanes of at least 4 members (excludes halogenated alkanes) is 1. The predicted molar refractivity (Wildman–Crippen MR) is 104 cm³/mol. The van der Waals surface area contributed by atoms with Gasteiger partial charge in [-0.05, 0) is 51.2 Å². The average Bonchev–Trinajstić information content (AvgIpc) is 3.23. The average molecular weight is 389 g/mol. The number of carbonyl (C=O) groups excluding carboxylic acids is 1. The van der Waals surface area contributed by atoms with Crippen molar-refractivity contribution in [1.29, 1.82) is 0 Å². The summed E-state index contributed by atoms with van der Waals surface area (Å²) in [5, 5.41) is 8.15. The summed E-state index contributed by atoms with van der Waals surface area (Å²) in [6, 6.07) is 3.99. The van der Waals surface area contributed by atoms with Gasteiger partial charge in [0.25, 0.3) is 0 Å². The van der Waals surface area contributed by atoms with Crippen LogP contribution in [-0.4, -0.2) is 23.6 Å². The van der Waals surface area contributed by atoms with Gasteiger partial charge in [0.2, 0.25) is 0 Å². The fourth-order valence-corrected chi connectivity index (χ4v) is 3.53. The Morgan fingerprint density at radius 2 is 1.79 bits per heavy atom. The second-order valence-corrected chi connectivity index (χ2v) is 7.16. The highest BCUT2D eigenvalue weighted by molar-refractivity contribution is 7.08. The Labute approximate surface area is 158 Å². The number of nitrogens with two attached hydrogens (primary N) is 1. The zero-order chi connectivity index (χ0) is 16.5. The lowest BCUT2D eigenvalue weighted by atomic mass is 10.1. The molecular formula is C17H25ClN2O2S2. The summed E-state index contributed by atoms with van der Waals surface area (Å²) in [5.41, 5.74) is 8.23. The van der Waals surface area contributed by atoms with E-state index in [1.165, 1.54) is 0 Å². The minimum Gasteiger partial charge on any atom is -0.448 e. The normalized spacial score (nSPS) is 11.6. The molecule has 24 heavy (non-hydrogen) atoms. The summed E-state index contributed by atoms with van der Waals surface area (Å²) < 4.78 is 5.43. The number of hydrogen-bond acceptors (Lipinski definition) is 5. The van der Waals surface area contributed by atoms with Crippen molar-refractivity contribution in [3.8, 4) is 0 Å². The Hall–Kier alpha value is -1.08. The molecule has 2 aromatic heterocycles. The molecule has 0 unspecified atom stereocenters. The van der Waals surface area contributed by atoms with Crippen molar-refractivity contribution in [3.63, 3.8) is 0 Å². The van der Waals surface area contributed by atoms with Gasteiger partial charge < -0.3 is 10.5 Å². The fraction of sp³-hybridized carbons (Fsp3) is 0.471. The molecule has 1 atom stereocenters. The second kappa shape index (κ2) is 11.5. The van der Waals surface area contributed by atoms with E-state index in [1.54, 1.807) is 27.6 Å². The van der Waals surface area contributed by atoms with Crippen LogP contribution in [0.4, 0.5) is 4.79 Å². The SMILES string of the molecule is CCCC[C@@H](N)COC(=O)N(Cc1ccsc1)Cc1ccsc1.Cl. The maximum Gasteiger partial charge on any atom is 0.410 e. The van der Waals surface area contributed by atoms with Gasteiger partial charge in [-0.1, -0.05) is 19.8 Å². The summed E-state index contributed by atoms with van der Waals surface area (Å²) in [5.74, 6) is 0. The lowest BCUT2D eigenvalue weighted by molar-refractivity contribution is 0.0908. The van der Waals surface area contributed by atoms with Crippen molar-refractivity contribution in [1.82, 2.24) is 4.90 Å². The first kappa shape index (κ1) is 21.0. The summed E-state index contributed by atoms with van der Waals surface area (Å²) in [6.45, 7) is 3.52. The molecule has 0 saturated carbocycles. The van der Waals surface area contributed by atoms with E-state index in [9.17, 15) is 4.79 Å². The van der Waals surface area contributed by atoms with E-state index in [0.29, 0.717) is 13.1 Å². The molecule has 134 valence electrons. The molecule has 0 aliphatic carbocycles. The lowest BCUT2D eigenvalue weighted by Gasteiger charge is -2.22. The number of ether oxygens (including phenoxy) is 1. The van der Waals surface area contributed by atoms with Gasteiger partial charge in [0, 0.05) is 6.04 Å². The van der Waals surface area contributed by atoms with Crippen LogP contribution in [0, 0.1) is 0 Å². The Morgan fingerprint density at radius 1 is 1.21 bits per heavy atom. The molecule has 0 radical (unpaired) electrons. The van der Waals surface area contributed by atoms with Crippen LogP contribution >= 0.6 is 35.1 Å². The van der Waals surface area contributed by atoms with Gasteiger partial charge in [-0.15, -0.1) is 12.4 Å². The number of nitrogens with zero attached hydrogens (tertiary/aromatic N) is 1. The number of halogens is 1. The Kier molecular flexibility index (Phi) is 10.0. The fourth-order valence-electron chi connectivity index (χ4n) is 2.21. The largest absolute Gasteiger partial charge is 0.448 e. The highest BCUT2D eigenvalue weighted by atomic mass is 35.5. The number of carbonyl (C=O) groups is 1. The van der Waals surface area contributed by atoms with Crippen LogP contribution < -0.4 is 5.73 Å². The van der Waals surface area contributed by atoms with Crippen LogP contribution in [0.1, 0.15) is 37.3 Å². The first-order valence-electron chi connectivity index (χ1n) is 7.88. The number of hydrogen-bond donors (Lipinski definition) is 1. The van der Waals surface area contributed by atoms with Gasteiger partial charge in [0.05, 0.1) is 13.1 Å². The smallest absolute Gasteiger partial charge is 0.410 e. The van der Waals surface area contributed by atoms with E-state index in [1.807, 2.05) is 22.9 Å². The van der Waals surface area contributed by atoms with Crippen LogP contribution in [0.5, 0.6) is 0 Å². The topological polar surface area (TPSA) is 55.6 Å². The monoisotopic (exact) mass is 388 g/mol. The standard InChI is InChI=1S/C17H24N2O2S2.ClH/c1-2-3-4-16(18)11-21-17(20)19(9-14-5-7-22-12-14)10-15-6-8-23-13-15;/h5-8,12-13,16H,2-4,9-11,18H2,1H3;1H/t16-;/m1./s1. The Balaban J connectivity index is 0.00000288.